The number of benzene rings is 1. The first-order valence-electron chi connectivity index (χ1n) is 10.2. The fraction of sp³-hybridized carbons (Fsp3) is 0.500. The first kappa shape index (κ1) is 16.8. The van der Waals surface area contributed by atoms with Gasteiger partial charge in [0.25, 0.3) is 0 Å². The molecule has 25 heavy (non-hydrogen) atoms. The summed E-state index contributed by atoms with van der Waals surface area (Å²) in [7, 11) is 2.32. The van der Waals surface area contributed by atoms with Gasteiger partial charge >= 0.3 is 0 Å². The summed E-state index contributed by atoms with van der Waals surface area (Å²) in [6, 6.07) is 9.96. The molecule has 2 atom stereocenters. The summed E-state index contributed by atoms with van der Waals surface area (Å²) in [4.78, 5) is 2.59. The van der Waals surface area contributed by atoms with Gasteiger partial charge in [-0.15, -0.1) is 0 Å². The van der Waals surface area contributed by atoms with E-state index in [4.69, 9.17) is 0 Å². The lowest BCUT2D eigenvalue weighted by atomic mass is 9.81. The minimum atomic E-state index is 0.566. The van der Waals surface area contributed by atoms with Crippen LogP contribution in [-0.4, -0.2) is 24.5 Å². The van der Waals surface area contributed by atoms with Gasteiger partial charge in [-0.1, -0.05) is 60.6 Å². The van der Waals surface area contributed by atoms with Crippen molar-refractivity contribution < 1.29 is 0 Å². The molecule has 0 N–H and O–H groups in total. The third kappa shape index (κ3) is 3.82. The molecule has 0 amide bonds. The normalized spacial score (nSPS) is 28.0. The summed E-state index contributed by atoms with van der Waals surface area (Å²) in [5, 5.41) is 0. The third-order valence-electron chi connectivity index (χ3n) is 6.42. The highest BCUT2D eigenvalue weighted by Gasteiger charge is 2.22. The molecule has 132 valence electrons. The highest BCUT2D eigenvalue weighted by Crippen LogP contribution is 2.35. The van der Waals surface area contributed by atoms with E-state index in [2.05, 4.69) is 60.5 Å². The highest BCUT2D eigenvalue weighted by atomic mass is 15.1. The Morgan fingerprint density at radius 1 is 1.08 bits per heavy atom. The van der Waals surface area contributed by atoms with Crippen molar-refractivity contribution >= 4 is 0 Å². The highest BCUT2D eigenvalue weighted by molar-refractivity contribution is 5.46. The summed E-state index contributed by atoms with van der Waals surface area (Å²) >= 11 is 0. The van der Waals surface area contributed by atoms with Gasteiger partial charge in [0.15, 0.2) is 0 Å². The van der Waals surface area contributed by atoms with Crippen LogP contribution in [0.1, 0.15) is 62.0 Å². The van der Waals surface area contributed by atoms with Gasteiger partial charge in [-0.3, -0.25) is 0 Å². The molecule has 2 unspecified atom stereocenters. The van der Waals surface area contributed by atoms with E-state index in [9.17, 15) is 0 Å². The molecule has 1 aromatic carbocycles. The van der Waals surface area contributed by atoms with Crippen molar-refractivity contribution in [2.45, 2.75) is 63.3 Å². The molecule has 0 aromatic heterocycles. The maximum absolute atomic E-state index is 2.59. The topological polar surface area (TPSA) is 3.24 Å². The monoisotopic (exact) mass is 333 g/mol. The second-order valence-corrected chi connectivity index (χ2v) is 8.05. The number of likely N-dealkylation sites (tertiary alicyclic amines) is 1. The fourth-order valence-electron chi connectivity index (χ4n) is 4.84. The summed E-state index contributed by atoms with van der Waals surface area (Å²) in [6.45, 7) is 1.28. The Bertz CT molecular complexity index is 694. The number of fused-ring (bicyclic) bond motifs is 1. The molecule has 1 saturated heterocycles. The van der Waals surface area contributed by atoms with Gasteiger partial charge < -0.3 is 4.90 Å². The van der Waals surface area contributed by atoms with Crippen molar-refractivity contribution in [2.75, 3.05) is 13.6 Å². The van der Waals surface area contributed by atoms with E-state index in [0.717, 1.165) is 12.5 Å². The number of hydrogen-bond donors (Lipinski definition) is 0. The van der Waals surface area contributed by atoms with E-state index >= 15 is 0 Å². The molecular weight excluding hydrogens is 302 g/mol. The van der Waals surface area contributed by atoms with Crippen LogP contribution in [0.4, 0.5) is 0 Å². The molecule has 1 heterocycles. The summed E-state index contributed by atoms with van der Waals surface area (Å²) in [5.74, 6) is 0.566. The molecule has 0 bridgehead atoms. The Morgan fingerprint density at radius 3 is 2.92 bits per heavy atom. The maximum Gasteiger partial charge on any atom is 0.00925 e. The molecular formula is C24H31N. The number of piperidine rings is 1. The minimum Gasteiger partial charge on any atom is -0.303 e. The van der Waals surface area contributed by atoms with Gasteiger partial charge in [-0.2, -0.15) is 0 Å². The molecule has 1 fully saturated rings. The summed E-state index contributed by atoms with van der Waals surface area (Å²) in [5.41, 5.74) is 6.21. The van der Waals surface area contributed by atoms with E-state index in [-0.39, 0.29) is 0 Å². The summed E-state index contributed by atoms with van der Waals surface area (Å²) < 4.78 is 0. The zero-order valence-corrected chi connectivity index (χ0v) is 15.6. The van der Waals surface area contributed by atoms with Crippen LogP contribution in [0.5, 0.6) is 0 Å². The molecule has 3 aliphatic rings. The average molecular weight is 334 g/mol. The Labute approximate surface area is 153 Å². The molecule has 2 aliphatic carbocycles. The molecule has 1 heteroatoms. The lowest BCUT2D eigenvalue weighted by Crippen LogP contribution is -2.36. The lowest BCUT2D eigenvalue weighted by Gasteiger charge is -2.33. The van der Waals surface area contributed by atoms with Crippen molar-refractivity contribution in [3.05, 3.63) is 70.8 Å². The zero-order chi connectivity index (χ0) is 17.1. The molecule has 4 rings (SSSR count). The second kappa shape index (κ2) is 7.74. The minimum absolute atomic E-state index is 0.566. The van der Waals surface area contributed by atoms with E-state index in [0.29, 0.717) is 5.92 Å². The van der Waals surface area contributed by atoms with Crippen LogP contribution < -0.4 is 0 Å². The fourth-order valence-corrected chi connectivity index (χ4v) is 4.84. The van der Waals surface area contributed by atoms with E-state index in [1.165, 1.54) is 57.1 Å². The van der Waals surface area contributed by atoms with Gasteiger partial charge in [0.1, 0.15) is 0 Å². The van der Waals surface area contributed by atoms with Crippen LogP contribution in [0.2, 0.25) is 0 Å². The molecule has 0 radical (unpaired) electrons. The number of hydrogen-bond acceptors (Lipinski definition) is 1. The predicted molar refractivity (Wildman–Crippen MR) is 107 cm³/mol. The SMILES string of the molecule is CN1CCCCC1CCC1/C=C\C2=C(CCC=C2)Cc2ccccc21. The first-order valence-corrected chi connectivity index (χ1v) is 10.2. The quantitative estimate of drug-likeness (QED) is 0.676. The maximum atomic E-state index is 2.59. The van der Waals surface area contributed by atoms with Gasteiger partial charge in [-0.05, 0) is 75.2 Å². The number of nitrogens with zero attached hydrogens (tertiary/aromatic N) is 1. The average Bonchev–Trinajstić information content (AvgIpc) is 2.63. The van der Waals surface area contributed by atoms with Crippen LogP contribution in [0.25, 0.3) is 0 Å². The Kier molecular flexibility index (Phi) is 5.22. The van der Waals surface area contributed by atoms with Crippen molar-refractivity contribution in [1.29, 1.82) is 0 Å². The zero-order valence-electron chi connectivity index (χ0n) is 15.6. The Hall–Kier alpha value is -1.60. The summed E-state index contributed by atoms with van der Waals surface area (Å²) in [6.07, 6.45) is 19.9. The largest absolute Gasteiger partial charge is 0.303 e. The van der Waals surface area contributed by atoms with Crippen LogP contribution in [0.15, 0.2) is 59.7 Å². The van der Waals surface area contributed by atoms with Crippen LogP contribution in [-0.2, 0) is 6.42 Å². The van der Waals surface area contributed by atoms with Crippen LogP contribution in [0.3, 0.4) is 0 Å². The van der Waals surface area contributed by atoms with E-state index < -0.39 is 0 Å². The Balaban J connectivity index is 1.57. The lowest BCUT2D eigenvalue weighted by molar-refractivity contribution is 0.172. The molecule has 1 nitrogen and oxygen atoms in total. The van der Waals surface area contributed by atoms with Gasteiger partial charge in [-0.25, -0.2) is 0 Å². The van der Waals surface area contributed by atoms with Crippen LogP contribution in [0, 0.1) is 0 Å². The van der Waals surface area contributed by atoms with Gasteiger partial charge in [0.2, 0.25) is 0 Å². The standard InChI is InChI=1S/C24H31N/c1-25-17-7-6-11-23(25)16-15-20-14-13-19-8-2-3-9-21(19)18-22-10-4-5-12-24(20)22/h2,4-5,8,10,12-14,20,23H,3,6-7,9,11,15-18H2,1H3/b14-13-. The van der Waals surface area contributed by atoms with Crippen molar-refractivity contribution in [3.63, 3.8) is 0 Å². The predicted octanol–water partition coefficient (Wildman–Crippen LogP) is 5.79. The first-order chi connectivity index (χ1) is 12.3. The van der Waals surface area contributed by atoms with Crippen molar-refractivity contribution in [3.8, 4) is 0 Å². The van der Waals surface area contributed by atoms with Gasteiger partial charge in [0, 0.05) is 12.0 Å². The van der Waals surface area contributed by atoms with Crippen molar-refractivity contribution in [1.82, 2.24) is 4.90 Å². The van der Waals surface area contributed by atoms with Gasteiger partial charge in [0.05, 0.1) is 0 Å². The van der Waals surface area contributed by atoms with E-state index in [1.54, 1.807) is 16.7 Å². The molecule has 1 aliphatic heterocycles. The second-order valence-electron chi connectivity index (χ2n) is 8.05. The van der Waals surface area contributed by atoms with Crippen LogP contribution >= 0.6 is 0 Å². The van der Waals surface area contributed by atoms with Crippen molar-refractivity contribution in [2.24, 2.45) is 0 Å². The third-order valence-corrected chi connectivity index (χ3v) is 6.42. The molecule has 0 saturated carbocycles. The molecule has 1 aromatic rings. The smallest absolute Gasteiger partial charge is 0.00925 e. The molecule has 0 spiro atoms. The number of allylic oxidation sites excluding steroid dienone is 6. The Morgan fingerprint density at radius 2 is 2.00 bits per heavy atom. The van der Waals surface area contributed by atoms with E-state index in [1.807, 2.05) is 0 Å². The number of rotatable bonds is 3.